The minimum absolute atomic E-state index is 0.0829. The van der Waals surface area contributed by atoms with Gasteiger partial charge in [0, 0.05) is 26.3 Å². The van der Waals surface area contributed by atoms with E-state index in [0.717, 1.165) is 0 Å². The van der Waals surface area contributed by atoms with Crippen LogP contribution in [0.4, 0.5) is 0 Å². The van der Waals surface area contributed by atoms with Crippen LogP contribution in [0.2, 0.25) is 0 Å². The van der Waals surface area contributed by atoms with Gasteiger partial charge < -0.3 is 20.1 Å². The molecule has 0 saturated carbocycles. The first-order valence-electron chi connectivity index (χ1n) is 6.25. The molecule has 0 heterocycles. The van der Waals surface area contributed by atoms with Gasteiger partial charge in [0.05, 0.1) is 25.8 Å². The number of nitrogens with two attached hydrogens (primary N) is 1. The largest absolute Gasteiger partial charge is 0.495 e. The molecular formula is C15H20N2O3. The van der Waals surface area contributed by atoms with Crippen LogP contribution in [0, 0.1) is 11.8 Å². The highest BCUT2D eigenvalue weighted by molar-refractivity contribution is 5.94. The van der Waals surface area contributed by atoms with Crippen molar-refractivity contribution in [2.75, 3.05) is 41.0 Å². The van der Waals surface area contributed by atoms with Crippen LogP contribution in [0.25, 0.3) is 0 Å². The average Bonchev–Trinajstić information content (AvgIpc) is 2.49. The highest BCUT2D eigenvalue weighted by atomic mass is 16.5. The first kappa shape index (κ1) is 16.0. The zero-order valence-corrected chi connectivity index (χ0v) is 12.1. The van der Waals surface area contributed by atoms with Crippen molar-refractivity contribution in [2.24, 2.45) is 5.73 Å². The summed E-state index contributed by atoms with van der Waals surface area (Å²) in [5.74, 6) is 6.21. The van der Waals surface area contributed by atoms with Crippen LogP contribution in [0.3, 0.4) is 0 Å². The smallest absolute Gasteiger partial charge is 0.253 e. The van der Waals surface area contributed by atoms with E-state index in [4.69, 9.17) is 15.2 Å². The maximum atomic E-state index is 12.2. The summed E-state index contributed by atoms with van der Waals surface area (Å²) in [6.07, 6.45) is 0. The Morgan fingerprint density at radius 1 is 1.40 bits per heavy atom. The van der Waals surface area contributed by atoms with Crippen molar-refractivity contribution >= 4 is 5.91 Å². The predicted molar refractivity (Wildman–Crippen MR) is 77.8 cm³/mol. The Balaban J connectivity index is 2.98. The number of carbonyl (C=O) groups is 1. The van der Waals surface area contributed by atoms with Gasteiger partial charge in [0.2, 0.25) is 0 Å². The molecule has 0 aromatic heterocycles. The van der Waals surface area contributed by atoms with E-state index >= 15 is 0 Å². The first-order chi connectivity index (χ1) is 9.63. The van der Waals surface area contributed by atoms with Gasteiger partial charge in [-0.05, 0) is 18.2 Å². The average molecular weight is 276 g/mol. The summed E-state index contributed by atoms with van der Waals surface area (Å²) in [6.45, 7) is 1.29. The van der Waals surface area contributed by atoms with Crippen LogP contribution in [-0.2, 0) is 4.74 Å². The number of hydrogen-bond acceptors (Lipinski definition) is 4. The van der Waals surface area contributed by atoms with Gasteiger partial charge in [-0.2, -0.15) is 0 Å². The topological polar surface area (TPSA) is 64.8 Å². The van der Waals surface area contributed by atoms with Gasteiger partial charge in [-0.3, -0.25) is 4.79 Å². The van der Waals surface area contributed by atoms with Crippen molar-refractivity contribution in [3.63, 3.8) is 0 Å². The molecule has 0 aliphatic rings. The highest BCUT2D eigenvalue weighted by Gasteiger charge is 2.13. The molecule has 0 unspecified atom stereocenters. The fraction of sp³-hybridized carbons (Fsp3) is 0.400. The van der Waals surface area contributed by atoms with Crippen molar-refractivity contribution in [2.45, 2.75) is 0 Å². The maximum absolute atomic E-state index is 12.2. The van der Waals surface area contributed by atoms with Gasteiger partial charge in [-0.15, -0.1) is 0 Å². The quantitative estimate of drug-likeness (QED) is 0.805. The van der Waals surface area contributed by atoms with Crippen LogP contribution >= 0.6 is 0 Å². The molecule has 1 aromatic carbocycles. The molecule has 1 amide bonds. The molecule has 108 valence electrons. The van der Waals surface area contributed by atoms with Gasteiger partial charge in [0.25, 0.3) is 5.91 Å². The maximum Gasteiger partial charge on any atom is 0.253 e. The number of nitrogens with zero attached hydrogens (tertiary/aromatic N) is 1. The van der Waals surface area contributed by atoms with E-state index in [1.807, 2.05) is 0 Å². The Kier molecular flexibility index (Phi) is 6.57. The number of hydrogen-bond donors (Lipinski definition) is 1. The lowest BCUT2D eigenvalue weighted by Crippen LogP contribution is -2.29. The van der Waals surface area contributed by atoms with Crippen molar-refractivity contribution in [1.82, 2.24) is 4.90 Å². The Morgan fingerprint density at radius 3 is 2.75 bits per heavy atom. The second-order valence-electron chi connectivity index (χ2n) is 4.14. The van der Waals surface area contributed by atoms with E-state index in [-0.39, 0.29) is 12.5 Å². The molecule has 0 fully saturated rings. The number of rotatable bonds is 5. The fourth-order valence-corrected chi connectivity index (χ4v) is 1.64. The Bertz CT molecular complexity index is 518. The summed E-state index contributed by atoms with van der Waals surface area (Å²) in [7, 11) is 4.90. The third kappa shape index (κ3) is 4.26. The van der Waals surface area contributed by atoms with Crippen molar-refractivity contribution in [1.29, 1.82) is 0 Å². The Morgan fingerprint density at radius 2 is 2.15 bits per heavy atom. The monoisotopic (exact) mass is 276 g/mol. The lowest BCUT2D eigenvalue weighted by atomic mass is 10.1. The van der Waals surface area contributed by atoms with Gasteiger partial charge in [0.15, 0.2) is 0 Å². The summed E-state index contributed by atoms with van der Waals surface area (Å²) in [4.78, 5) is 13.8. The van der Waals surface area contributed by atoms with Crippen LogP contribution < -0.4 is 10.5 Å². The standard InChI is InChI=1S/C15H20N2O3/c1-17(9-10-19-2)15(18)13-6-7-14(20-3)12(11-13)5-4-8-16/h6-7,11H,8-10,16H2,1-3H3. The minimum atomic E-state index is -0.0829. The van der Waals surface area contributed by atoms with Crippen molar-refractivity contribution < 1.29 is 14.3 Å². The van der Waals surface area contributed by atoms with Crippen LogP contribution in [0.1, 0.15) is 15.9 Å². The lowest BCUT2D eigenvalue weighted by molar-refractivity contribution is 0.0744. The molecule has 5 heteroatoms. The Hall–Kier alpha value is -2.03. The molecule has 0 spiro atoms. The van der Waals surface area contributed by atoms with E-state index in [9.17, 15) is 4.79 Å². The highest BCUT2D eigenvalue weighted by Crippen LogP contribution is 2.19. The number of methoxy groups -OCH3 is 2. The van der Waals surface area contributed by atoms with Crippen LogP contribution in [-0.4, -0.2) is 51.8 Å². The molecule has 0 aliphatic heterocycles. The summed E-state index contributed by atoms with van der Waals surface area (Å²) in [5, 5.41) is 0. The van der Waals surface area contributed by atoms with Gasteiger partial charge in [0.1, 0.15) is 5.75 Å². The summed E-state index contributed by atoms with van der Waals surface area (Å²) < 4.78 is 10.2. The molecule has 0 saturated heterocycles. The van der Waals surface area contributed by atoms with Crippen molar-refractivity contribution in [3.8, 4) is 17.6 Å². The molecule has 20 heavy (non-hydrogen) atoms. The lowest BCUT2D eigenvalue weighted by Gasteiger charge is -2.17. The summed E-state index contributed by atoms with van der Waals surface area (Å²) >= 11 is 0. The van der Waals surface area contributed by atoms with E-state index in [1.54, 1.807) is 44.4 Å². The molecule has 5 nitrogen and oxygen atoms in total. The third-order valence-corrected chi connectivity index (χ3v) is 2.75. The molecular weight excluding hydrogens is 256 g/mol. The van der Waals surface area contributed by atoms with E-state index in [1.165, 1.54) is 0 Å². The zero-order chi connectivity index (χ0) is 15.0. The summed E-state index contributed by atoms with van der Waals surface area (Å²) in [5.41, 5.74) is 6.58. The molecule has 2 N–H and O–H groups in total. The fourth-order valence-electron chi connectivity index (χ4n) is 1.64. The molecule has 0 bridgehead atoms. The third-order valence-electron chi connectivity index (χ3n) is 2.75. The number of ether oxygens (including phenoxy) is 2. The number of carbonyl (C=O) groups excluding carboxylic acids is 1. The Labute approximate surface area is 119 Å². The molecule has 1 rings (SSSR count). The number of benzene rings is 1. The first-order valence-corrected chi connectivity index (χ1v) is 6.25. The van der Waals surface area contributed by atoms with Crippen molar-refractivity contribution in [3.05, 3.63) is 29.3 Å². The van der Waals surface area contributed by atoms with Crippen LogP contribution in [0.15, 0.2) is 18.2 Å². The van der Waals surface area contributed by atoms with Gasteiger partial charge >= 0.3 is 0 Å². The second-order valence-corrected chi connectivity index (χ2v) is 4.14. The summed E-state index contributed by atoms with van der Waals surface area (Å²) in [6, 6.07) is 5.17. The normalized spacial score (nSPS) is 9.60. The van der Waals surface area contributed by atoms with Gasteiger partial charge in [-0.1, -0.05) is 11.8 Å². The van der Waals surface area contributed by atoms with E-state index in [0.29, 0.717) is 30.0 Å². The number of likely N-dealkylation sites (N-methyl/N-ethyl adjacent to an activating group) is 1. The molecule has 0 radical (unpaired) electrons. The predicted octanol–water partition coefficient (Wildman–Crippen LogP) is 0.724. The number of amides is 1. The molecule has 0 aliphatic carbocycles. The SMILES string of the molecule is COCCN(C)C(=O)c1ccc(OC)c(C#CCN)c1. The zero-order valence-electron chi connectivity index (χ0n) is 12.1. The second kappa shape index (κ2) is 8.20. The van der Waals surface area contributed by atoms with Gasteiger partial charge in [-0.25, -0.2) is 0 Å². The molecule has 0 atom stereocenters. The molecule has 1 aromatic rings. The minimum Gasteiger partial charge on any atom is -0.495 e. The van der Waals surface area contributed by atoms with E-state index < -0.39 is 0 Å². The van der Waals surface area contributed by atoms with Crippen LogP contribution in [0.5, 0.6) is 5.75 Å². The van der Waals surface area contributed by atoms with E-state index in [2.05, 4.69) is 11.8 Å².